The highest BCUT2D eigenvalue weighted by molar-refractivity contribution is 5.04. The van der Waals surface area contributed by atoms with Crippen LogP contribution in [0.15, 0.2) is 10.6 Å². The molecule has 0 bridgehead atoms. The molecular weight excluding hydrogens is 216 g/mol. The lowest BCUT2D eigenvalue weighted by Gasteiger charge is -2.34. The van der Waals surface area contributed by atoms with Crippen molar-refractivity contribution in [3.05, 3.63) is 17.5 Å². The molecule has 5 nitrogen and oxygen atoms in total. The molecule has 5 heteroatoms. The van der Waals surface area contributed by atoms with Gasteiger partial charge in [-0.3, -0.25) is 4.90 Å². The fourth-order valence-electron chi connectivity index (χ4n) is 2.34. The van der Waals surface area contributed by atoms with Crippen molar-refractivity contribution in [2.24, 2.45) is 5.73 Å². The molecule has 0 radical (unpaired) electrons. The quantitative estimate of drug-likeness (QED) is 0.835. The topological polar surface area (TPSA) is 58.5 Å². The molecule has 2 heterocycles. The molecule has 0 saturated carbocycles. The lowest BCUT2D eigenvalue weighted by Crippen LogP contribution is -2.41. The molecule has 0 amide bonds. The third-order valence-corrected chi connectivity index (χ3v) is 3.53. The molecule has 1 aromatic rings. The zero-order valence-corrected chi connectivity index (χ0v) is 10.7. The molecule has 0 aliphatic carbocycles. The van der Waals surface area contributed by atoms with E-state index < -0.39 is 0 Å². The van der Waals surface area contributed by atoms with Crippen molar-refractivity contribution in [3.63, 3.8) is 0 Å². The summed E-state index contributed by atoms with van der Waals surface area (Å²) in [5, 5.41) is 3.91. The number of aromatic nitrogens is 1. The SMILES string of the molecule is CN1CCC(N(C)Cc2cc(CN)no2)CC1. The van der Waals surface area contributed by atoms with Gasteiger partial charge in [-0.2, -0.15) is 0 Å². The van der Waals surface area contributed by atoms with E-state index in [0.29, 0.717) is 12.6 Å². The fraction of sp³-hybridized carbons (Fsp3) is 0.750. The number of piperidine rings is 1. The number of likely N-dealkylation sites (tertiary alicyclic amines) is 1. The number of hydrogen-bond donors (Lipinski definition) is 1. The second-order valence-electron chi connectivity index (χ2n) is 4.94. The van der Waals surface area contributed by atoms with E-state index in [1.807, 2.05) is 6.07 Å². The van der Waals surface area contributed by atoms with Crippen LogP contribution in [0.5, 0.6) is 0 Å². The summed E-state index contributed by atoms with van der Waals surface area (Å²) < 4.78 is 5.26. The largest absolute Gasteiger partial charge is 0.360 e. The third-order valence-electron chi connectivity index (χ3n) is 3.53. The van der Waals surface area contributed by atoms with Crippen LogP contribution in [-0.4, -0.2) is 48.2 Å². The van der Waals surface area contributed by atoms with E-state index in [2.05, 4.69) is 29.1 Å². The van der Waals surface area contributed by atoms with Crippen LogP contribution in [-0.2, 0) is 13.1 Å². The minimum atomic E-state index is 0.446. The van der Waals surface area contributed by atoms with E-state index in [9.17, 15) is 0 Å². The van der Waals surface area contributed by atoms with Gasteiger partial charge in [0, 0.05) is 18.7 Å². The first-order valence-corrected chi connectivity index (χ1v) is 6.22. The van der Waals surface area contributed by atoms with Crippen molar-refractivity contribution >= 4 is 0 Å². The molecule has 17 heavy (non-hydrogen) atoms. The molecule has 0 unspecified atom stereocenters. The fourth-order valence-corrected chi connectivity index (χ4v) is 2.34. The standard InChI is InChI=1S/C12H22N4O/c1-15-5-3-11(4-6-15)16(2)9-12-7-10(8-13)14-17-12/h7,11H,3-6,8-9,13H2,1-2H3. The van der Waals surface area contributed by atoms with Crippen LogP contribution in [0, 0.1) is 0 Å². The summed E-state index contributed by atoms with van der Waals surface area (Å²) in [6.45, 7) is 3.63. The van der Waals surface area contributed by atoms with Gasteiger partial charge in [0.15, 0.2) is 5.76 Å². The number of nitrogens with zero attached hydrogens (tertiary/aromatic N) is 3. The molecule has 1 aliphatic rings. The van der Waals surface area contributed by atoms with Gasteiger partial charge in [-0.1, -0.05) is 5.16 Å². The highest BCUT2D eigenvalue weighted by Gasteiger charge is 2.21. The highest BCUT2D eigenvalue weighted by atomic mass is 16.5. The maximum absolute atomic E-state index is 5.51. The Balaban J connectivity index is 1.85. The van der Waals surface area contributed by atoms with Crippen molar-refractivity contribution < 1.29 is 4.52 Å². The van der Waals surface area contributed by atoms with Crippen LogP contribution in [0.3, 0.4) is 0 Å². The lowest BCUT2D eigenvalue weighted by molar-refractivity contribution is 0.130. The number of nitrogens with two attached hydrogens (primary N) is 1. The van der Waals surface area contributed by atoms with Crippen molar-refractivity contribution in [1.29, 1.82) is 0 Å². The molecule has 1 saturated heterocycles. The third kappa shape index (κ3) is 3.28. The van der Waals surface area contributed by atoms with Gasteiger partial charge in [-0.15, -0.1) is 0 Å². The smallest absolute Gasteiger partial charge is 0.151 e. The van der Waals surface area contributed by atoms with Gasteiger partial charge in [-0.25, -0.2) is 0 Å². The van der Waals surface area contributed by atoms with Crippen LogP contribution in [0.25, 0.3) is 0 Å². The average Bonchev–Trinajstić information content (AvgIpc) is 2.77. The van der Waals surface area contributed by atoms with Crippen LogP contribution in [0.2, 0.25) is 0 Å². The predicted molar refractivity (Wildman–Crippen MR) is 66.4 cm³/mol. The Morgan fingerprint density at radius 1 is 1.53 bits per heavy atom. The van der Waals surface area contributed by atoms with E-state index in [4.69, 9.17) is 10.3 Å². The van der Waals surface area contributed by atoms with Gasteiger partial charge < -0.3 is 15.2 Å². The first-order chi connectivity index (χ1) is 8.19. The molecule has 96 valence electrons. The second-order valence-corrected chi connectivity index (χ2v) is 4.94. The summed E-state index contributed by atoms with van der Waals surface area (Å²) >= 11 is 0. The van der Waals surface area contributed by atoms with E-state index in [0.717, 1.165) is 18.0 Å². The molecule has 0 atom stereocenters. The summed E-state index contributed by atoms with van der Waals surface area (Å²) in [5.41, 5.74) is 6.34. The second kappa shape index (κ2) is 5.62. The molecule has 0 aromatic carbocycles. The number of hydrogen-bond acceptors (Lipinski definition) is 5. The normalized spacial score (nSPS) is 19.1. The Bertz CT molecular complexity index is 344. The van der Waals surface area contributed by atoms with Crippen LogP contribution in [0.4, 0.5) is 0 Å². The van der Waals surface area contributed by atoms with Gasteiger partial charge in [0.1, 0.15) is 0 Å². The van der Waals surface area contributed by atoms with Crippen molar-refractivity contribution in [1.82, 2.24) is 15.0 Å². The van der Waals surface area contributed by atoms with Gasteiger partial charge in [0.05, 0.1) is 12.2 Å². The minimum absolute atomic E-state index is 0.446. The molecule has 1 fully saturated rings. The maximum atomic E-state index is 5.51. The summed E-state index contributed by atoms with van der Waals surface area (Å²) in [7, 11) is 4.33. The Kier molecular flexibility index (Phi) is 4.15. The average molecular weight is 238 g/mol. The summed E-state index contributed by atoms with van der Waals surface area (Å²) in [6.07, 6.45) is 2.45. The zero-order chi connectivity index (χ0) is 12.3. The Labute approximate surface area is 103 Å². The predicted octanol–water partition coefficient (Wildman–Crippen LogP) is 0.659. The molecule has 2 N–H and O–H groups in total. The molecule has 2 rings (SSSR count). The van der Waals surface area contributed by atoms with Crippen molar-refractivity contribution in [2.75, 3.05) is 27.2 Å². The maximum Gasteiger partial charge on any atom is 0.151 e. The Morgan fingerprint density at radius 2 is 2.24 bits per heavy atom. The summed E-state index contributed by atoms with van der Waals surface area (Å²) in [5.74, 6) is 0.909. The van der Waals surface area contributed by atoms with E-state index in [-0.39, 0.29) is 0 Å². The van der Waals surface area contributed by atoms with E-state index in [1.54, 1.807) is 0 Å². The lowest BCUT2D eigenvalue weighted by atomic mass is 10.0. The molecular formula is C12H22N4O. The highest BCUT2D eigenvalue weighted by Crippen LogP contribution is 2.16. The van der Waals surface area contributed by atoms with Crippen molar-refractivity contribution in [3.8, 4) is 0 Å². The van der Waals surface area contributed by atoms with Gasteiger partial charge in [0.2, 0.25) is 0 Å². The molecule has 0 spiro atoms. The van der Waals surface area contributed by atoms with Crippen LogP contribution < -0.4 is 5.73 Å². The summed E-state index contributed by atoms with van der Waals surface area (Å²) in [6, 6.07) is 2.60. The number of rotatable bonds is 4. The molecule has 1 aliphatic heterocycles. The Morgan fingerprint density at radius 3 is 2.82 bits per heavy atom. The van der Waals surface area contributed by atoms with Gasteiger partial charge in [-0.05, 0) is 40.0 Å². The molecule has 1 aromatic heterocycles. The van der Waals surface area contributed by atoms with Crippen molar-refractivity contribution in [2.45, 2.75) is 32.0 Å². The Hall–Kier alpha value is -0.910. The van der Waals surface area contributed by atoms with Gasteiger partial charge in [0.25, 0.3) is 0 Å². The minimum Gasteiger partial charge on any atom is -0.360 e. The first-order valence-electron chi connectivity index (χ1n) is 6.22. The monoisotopic (exact) mass is 238 g/mol. The summed E-state index contributed by atoms with van der Waals surface area (Å²) in [4.78, 5) is 4.74. The first kappa shape index (κ1) is 12.5. The zero-order valence-electron chi connectivity index (χ0n) is 10.7. The van der Waals surface area contributed by atoms with Crippen LogP contribution >= 0.6 is 0 Å². The van der Waals surface area contributed by atoms with Gasteiger partial charge >= 0.3 is 0 Å². The van der Waals surface area contributed by atoms with E-state index in [1.165, 1.54) is 25.9 Å². The van der Waals surface area contributed by atoms with E-state index >= 15 is 0 Å². The van der Waals surface area contributed by atoms with Crippen LogP contribution in [0.1, 0.15) is 24.3 Å².